The molecule has 0 unspecified atom stereocenters. The number of phenolic OH excluding ortho intramolecular Hbond substituents is 1. The van der Waals surface area contributed by atoms with E-state index in [9.17, 15) is 5.11 Å². The van der Waals surface area contributed by atoms with Crippen molar-refractivity contribution in [3.8, 4) is 17.0 Å². The van der Waals surface area contributed by atoms with Crippen LogP contribution in [0, 0.1) is 0 Å². The predicted molar refractivity (Wildman–Crippen MR) is 79.3 cm³/mol. The van der Waals surface area contributed by atoms with Gasteiger partial charge in [0.1, 0.15) is 12.1 Å². The van der Waals surface area contributed by atoms with E-state index in [4.69, 9.17) is 11.6 Å². The maximum Gasteiger partial charge on any atom is 0.124 e. The van der Waals surface area contributed by atoms with Gasteiger partial charge in [-0.25, -0.2) is 9.97 Å². The fourth-order valence-electron chi connectivity index (χ4n) is 1.94. The van der Waals surface area contributed by atoms with Gasteiger partial charge in [-0.1, -0.05) is 23.7 Å². The van der Waals surface area contributed by atoms with Gasteiger partial charge in [0.15, 0.2) is 0 Å². The lowest BCUT2D eigenvalue weighted by molar-refractivity contribution is 0.477. The first-order chi connectivity index (χ1) is 9.16. The van der Waals surface area contributed by atoms with Crippen LogP contribution in [0.4, 0.5) is 0 Å². The number of phenols is 1. The van der Waals surface area contributed by atoms with E-state index in [0.29, 0.717) is 16.3 Å². The third-order valence-corrected chi connectivity index (χ3v) is 4.03. The summed E-state index contributed by atoms with van der Waals surface area (Å²) in [6.45, 7) is 0. The summed E-state index contributed by atoms with van der Waals surface area (Å²) in [5, 5.41) is 11.4. The summed E-state index contributed by atoms with van der Waals surface area (Å²) in [7, 11) is 0. The standard InChI is InChI=1S/C14H8BrClN2O/c15-10-5-9-12(6-11(10)16)17-7-18-14(9)8-3-1-2-4-13(8)19/h1-7,19H. The van der Waals surface area contributed by atoms with Crippen LogP contribution in [0.25, 0.3) is 22.2 Å². The van der Waals surface area contributed by atoms with Crippen molar-refractivity contribution in [2.45, 2.75) is 0 Å². The Morgan fingerprint density at radius 1 is 1.11 bits per heavy atom. The number of hydrogen-bond donors (Lipinski definition) is 1. The van der Waals surface area contributed by atoms with Crippen molar-refractivity contribution in [3.05, 3.63) is 52.2 Å². The molecule has 94 valence electrons. The second-order valence-electron chi connectivity index (χ2n) is 4.02. The molecular weight excluding hydrogens is 328 g/mol. The Bertz CT molecular complexity index is 776. The molecule has 0 aliphatic heterocycles. The lowest BCUT2D eigenvalue weighted by Crippen LogP contribution is -1.90. The Morgan fingerprint density at radius 3 is 2.68 bits per heavy atom. The summed E-state index contributed by atoms with van der Waals surface area (Å²) in [5.74, 6) is 0.188. The van der Waals surface area contributed by atoms with Crippen molar-refractivity contribution in [1.29, 1.82) is 0 Å². The van der Waals surface area contributed by atoms with Crippen molar-refractivity contribution < 1.29 is 5.11 Å². The van der Waals surface area contributed by atoms with Gasteiger partial charge >= 0.3 is 0 Å². The fourth-order valence-corrected chi connectivity index (χ4v) is 2.44. The molecule has 3 rings (SSSR count). The van der Waals surface area contributed by atoms with E-state index in [1.807, 2.05) is 18.2 Å². The first-order valence-corrected chi connectivity index (χ1v) is 6.72. The highest BCUT2D eigenvalue weighted by atomic mass is 79.9. The lowest BCUT2D eigenvalue weighted by atomic mass is 10.1. The van der Waals surface area contributed by atoms with Crippen molar-refractivity contribution in [3.63, 3.8) is 0 Å². The summed E-state index contributed by atoms with van der Waals surface area (Å²) in [6, 6.07) is 10.7. The van der Waals surface area contributed by atoms with Crippen LogP contribution >= 0.6 is 27.5 Å². The molecule has 0 radical (unpaired) electrons. The summed E-state index contributed by atoms with van der Waals surface area (Å²) in [4.78, 5) is 8.47. The lowest BCUT2D eigenvalue weighted by Gasteiger charge is -2.08. The maximum absolute atomic E-state index is 9.95. The highest BCUT2D eigenvalue weighted by Gasteiger charge is 2.11. The number of hydrogen-bond acceptors (Lipinski definition) is 3. The van der Waals surface area contributed by atoms with Gasteiger partial charge in [0.2, 0.25) is 0 Å². The zero-order valence-electron chi connectivity index (χ0n) is 9.64. The smallest absolute Gasteiger partial charge is 0.124 e. The first-order valence-electron chi connectivity index (χ1n) is 5.55. The Balaban J connectivity index is 2.36. The summed E-state index contributed by atoms with van der Waals surface area (Å²) < 4.78 is 0.771. The monoisotopic (exact) mass is 334 g/mol. The molecular formula is C14H8BrClN2O. The van der Waals surface area contributed by atoms with Crippen LogP contribution in [0.15, 0.2) is 47.2 Å². The van der Waals surface area contributed by atoms with Gasteiger partial charge in [-0.2, -0.15) is 0 Å². The zero-order valence-corrected chi connectivity index (χ0v) is 12.0. The van der Waals surface area contributed by atoms with Gasteiger partial charge in [-0.3, -0.25) is 0 Å². The van der Waals surface area contributed by atoms with E-state index in [0.717, 1.165) is 15.4 Å². The normalized spacial score (nSPS) is 10.8. The molecule has 0 bridgehead atoms. The molecule has 0 atom stereocenters. The van der Waals surface area contributed by atoms with Gasteiger partial charge in [0, 0.05) is 15.4 Å². The van der Waals surface area contributed by atoms with E-state index in [2.05, 4.69) is 25.9 Å². The van der Waals surface area contributed by atoms with Gasteiger partial charge in [-0.15, -0.1) is 0 Å². The third kappa shape index (κ3) is 2.17. The van der Waals surface area contributed by atoms with Crippen molar-refractivity contribution >= 4 is 38.4 Å². The van der Waals surface area contributed by atoms with E-state index < -0.39 is 0 Å². The number of para-hydroxylation sites is 1. The highest BCUT2D eigenvalue weighted by Crippen LogP contribution is 2.35. The van der Waals surface area contributed by atoms with Crippen LogP contribution in [0.5, 0.6) is 5.75 Å². The topological polar surface area (TPSA) is 46.0 Å². The molecule has 1 N–H and O–H groups in total. The van der Waals surface area contributed by atoms with E-state index in [1.54, 1.807) is 18.2 Å². The average Bonchev–Trinajstić information content (AvgIpc) is 2.40. The van der Waals surface area contributed by atoms with Crippen LogP contribution in [-0.2, 0) is 0 Å². The molecule has 2 aromatic carbocycles. The molecule has 19 heavy (non-hydrogen) atoms. The van der Waals surface area contributed by atoms with Gasteiger partial charge < -0.3 is 5.11 Å². The van der Waals surface area contributed by atoms with Crippen LogP contribution < -0.4 is 0 Å². The minimum atomic E-state index is 0.188. The molecule has 0 amide bonds. The van der Waals surface area contributed by atoms with Crippen molar-refractivity contribution in [2.24, 2.45) is 0 Å². The SMILES string of the molecule is Oc1ccccc1-c1ncnc2cc(Cl)c(Br)cc12. The Kier molecular flexibility index (Phi) is 3.12. The second kappa shape index (κ2) is 4.79. The van der Waals surface area contributed by atoms with Gasteiger partial charge in [0.05, 0.1) is 16.2 Å². The third-order valence-electron chi connectivity index (χ3n) is 2.84. The van der Waals surface area contributed by atoms with E-state index in [-0.39, 0.29) is 5.75 Å². The largest absolute Gasteiger partial charge is 0.507 e. The minimum Gasteiger partial charge on any atom is -0.507 e. The molecule has 1 aromatic heterocycles. The number of halogens is 2. The van der Waals surface area contributed by atoms with Crippen molar-refractivity contribution in [1.82, 2.24) is 9.97 Å². The molecule has 0 spiro atoms. The number of fused-ring (bicyclic) bond motifs is 1. The summed E-state index contributed by atoms with van der Waals surface area (Å²) in [6.07, 6.45) is 1.47. The Morgan fingerprint density at radius 2 is 1.89 bits per heavy atom. The molecule has 3 aromatic rings. The maximum atomic E-state index is 9.95. The summed E-state index contributed by atoms with van der Waals surface area (Å²) in [5.41, 5.74) is 2.09. The number of aromatic hydroxyl groups is 1. The number of nitrogens with zero attached hydrogens (tertiary/aromatic N) is 2. The molecule has 0 aliphatic carbocycles. The highest BCUT2D eigenvalue weighted by molar-refractivity contribution is 9.10. The number of rotatable bonds is 1. The first kappa shape index (κ1) is 12.4. The second-order valence-corrected chi connectivity index (χ2v) is 5.28. The van der Waals surface area contributed by atoms with Crippen LogP contribution in [-0.4, -0.2) is 15.1 Å². The van der Waals surface area contributed by atoms with Crippen molar-refractivity contribution in [2.75, 3.05) is 0 Å². The Hall–Kier alpha value is -1.65. The summed E-state index contributed by atoms with van der Waals surface area (Å²) >= 11 is 9.45. The molecule has 0 fully saturated rings. The molecule has 0 saturated carbocycles. The predicted octanol–water partition coefficient (Wildman–Crippen LogP) is 4.42. The van der Waals surface area contributed by atoms with E-state index >= 15 is 0 Å². The molecule has 0 aliphatic rings. The minimum absolute atomic E-state index is 0.188. The number of benzene rings is 2. The fraction of sp³-hybridized carbons (Fsp3) is 0. The number of aromatic nitrogens is 2. The van der Waals surface area contributed by atoms with E-state index in [1.165, 1.54) is 6.33 Å². The average molecular weight is 336 g/mol. The van der Waals surface area contributed by atoms with Crippen LogP contribution in [0.2, 0.25) is 5.02 Å². The van der Waals surface area contributed by atoms with Gasteiger partial charge in [0.25, 0.3) is 0 Å². The molecule has 0 saturated heterocycles. The van der Waals surface area contributed by atoms with Gasteiger partial charge in [-0.05, 0) is 40.2 Å². The molecule has 1 heterocycles. The van der Waals surface area contributed by atoms with Crippen LogP contribution in [0.1, 0.15) is 0 Å². The molecule has 5 heteroatoms. The zero-order chi connectivity index (χ0) is 13.4. The molecule has 3 nitrogen and oxygen atoms in total. The van der Waals surface area contributed by atoms with Crippen LogP contribution in [0.3, 0.4) is 0 Å². The quantitative estimate of drug-likeness (QED) is 0.716. The Labute approximate surface area is 123 Å².